The van der Waals surface area contributed by atoms with E-state index in [1.165, 1.54) is 36.4 Å². The van der Waals surface area contributed by atoms with Gasteiger partial charge in [0.25, 0.3) is 0 Å². The minimum atomic E-state index is -4.44. The molecule has 0 aliphatic carbocycles. The molecule has 0 saturated heterocycles. The van der Waals surface area contributed by atoms with Crippen LogP contribution in [0.25, 0.3) is 0 Å². The molecule has 4 nitrogen and oxygen atoms in total. The lowest BCUT2D eigenvalue weighted by atomic mass is 9.89. The average molecular weight is 399 g/mol. The molecule has 0 aliphatic rings. The number of benzene rings is 2. The third-order valence-corrected chi connectivity index (χ3v) is 4.52. The van der Waals surface area contributed by atoms with Crippen molar-refractivity contribution in [3.05, 3.63) is 71.0 Å². The van der Waals surface area contributed by atoms with Crippen molar-refractivity contribution in [2.24, 2.45) is 11.7 Å². The Balaban J connectivity index is 1.97. The van der Waals surface area contributed by atoms with E-state index >= 15 is 0 Å². The Bertz CT molecular complexity index is 776. The van der Waals surface area contributed by atoms with Gasteiger partial charge < -0.3 is 15.9 Å². The zero-order valence-corrected chi connectivity index (χ0v) is 14.9. The second kappa shape index (κ2) is 9.16. The maximum Gasteiger partial charge on any atom is 0.416 e. The Hall–Kier alpha value is -2.45. The number of alkyl halides is 3. The smallest absolute Gasteiger partial charge is 0.416 e. The summed E-state index contributed by atoms with van der Waals surface area (Å²) in [5.41, 5.74) is 6.25. The van der Waals surface area contributed by atoms with Crippen molar-refractivity contribution in [1.82, 2.24) is 0 Å². The predicted octanol–water partition coefficient (Wildman–Crippen LogP) is 3.41. The van der Waals surface area contributed by atoms with Crippen molar-refractivity contribution in [1.29, 1.82) is 0 Å². The van der Waals surface area contributed by atoms with Crippen LogP contribution in [0.3, 0.4) is 0 Å². The maximum absolute atomic E-state index is 13.0. The number of rotatable bonds is 8. The molecule has 2 rings (SSSR count). The summed E-state index contributed by atoms with van der Waals surface area (Å²) >= 11 is 0. The highest BCUT2D eigenvalue weighted by atomic mass is 19.4. The fourth-order valence-electron chi connectivity index (χ4n) is 2.88. The van der Waals surface area contributed by atoms with Gasteiger partial charge in [0.1, 0.15) is 5.82 Å². The Morgan fingerprint density at radius 1 is 0.964 bits per heavy atom. The molecule has 4 N–H and O–H groups in total. The molecule has 0 heterocycles. The van der Waals surface area contributed by atoms with Gasteiger partial charge in [-0.25, -0.2) is 4.39 Å². The largest absolute Gasteiger partial charge is 0.481 e. The van der Waals surface area contributed by atoms with E-state index in [0.29, 0.717) is 11.1 Å². The number of carboxylic acids is 1. The van der Waals surface area contributed by atoms with Gasteiger partial charge in [0.05, 0.1) is 17.6 Å². The molecule has 152 valence electrons. The molecule has 0 fully saturated rings. The third kappa shape index (κ3) is 6.31. The molecule has 0 bridgehead atoms. The van der Waals surface area contributed by atoms with Crippen molar-refractivity contribution >= 4 is 5.97 Å². The molecule has 0 spiro atoms. The lowest BCUT2D eigenvalue weighted by molar-refractivity contribution is -0.143. The van der Waals surface area contributed by atoms with E-state index in [1.54, 1.807) is 0 Å². The average Bonchev–Trinajstić information content (AvgIpc) is 2.62. The van der Waals surface area contributed by atoms with Gasteiger partial charge in [-0.3, -0.25) is 4.79 Å². The van der Waals surface area contributed by atoms with Crippen LogP contribution in [-0.2, 0) is 23.8 Å². The minimum absolute atomic E-state index is 0.0969. The van der Waals surface area contributed by atoms with Crippen molar-refractivity contribution in [2.75, 3.05) is 0 Å². The first kappa shape index (κ1) is 21.8. The van der Waals surface area contributed by atoms with E-state index in [0.717, 1.165) is 12.1 Å². The number of aliphatic hydroxyl groups excluding tert-OH is 1. The van der Waals surface area contributed by atoms with Crippen LogP contribution >= 0.6 is 0 Å². The number of carboxylic acid groups (broad SMARTS) is 1. The van der Waals surface area contributed by atoms with Gasteiger partial charge in [-0.1, -0.05) is 24.3 Å². The zero-order valence-electron chi connectivity index (χ0n) is 14.9. The van der Waals surface area contributed by atoms with Gasteiger partial charge in [-0.2, -0.15) is 13.2 Å². The molecule has 0 radical (unpaired) electrons. The monoisotopic (exact) mass is 399 g/mol. The molecule has 2 aromatic carbocycles. The highest BCUT2D eigenvalue weighted by Crippen LogP contribution is 2.29. The lowest BCUT2D eigenvalue weighted by Gasteiger charge is -2.22. The summed E-state index contributed by atoms with van der Waals surface area (Å²) < 4.78 is 50.7. The second-order valence-corrected chi connectivity index (χ2v) is 6.73. The second-order valence-electron chi connectivity index (χ2n) is 6.73. The Morgan fingerprint density at radius 2 is 1.46 bits per heavy atom. The van der Waals surface area contributed by atoms with E-state index in [9.17, 15) is 32.6 Å². The van der Waals surface area contributed by atoms with Crippen molar-refractivity contribution in [3.8, 4) is 0 Å². The van der Waals surface area contributed by atoms with E-state index in [1.807, 2.05) is 0 Å². The van der Waals surface area contributed by atoms with Crippen LogP contribution in [0.1, 0.15) is 23.1 Å². The highest BCUT2D eigenvalue weighted by Gasteiger charge is 2.30. The normalized spacial score (nSPS) is 15.1. The van der Waals surface area contributed by atoms with Crippen LogP contribution in [0.5, 0.6) is 0 Å². The molecule has 0 saturated carbocycles. The number of hydrogen-bond acceptors (Lipinski definition) is 3. The first-order valence-corrected chi connectivity index (χ1v) is 8.63. The molecule has 3 atom stereocenters. The van der Waals surface area contributed by atoms with Crippen LogP contribution in [0.15, 0.2) is 48.5 Å². The summed E-state index contributed by atoms with van der Waals surface area (Å²) in [5, 5.41) is 19.7. The summed E-state index contributed by atoms with van der Waals surface area (Å²) in [5.74, 6) is -2.49. The molecule has 0 aromatic heterocycles. The maximum atomic E-state index is 13.0. The summed E-state index contributed by atoms with van der Waals surface area (Å²) in [6.45, 7) is 0. The molecular formula is C20H21F4NO3. The molecular weight excluding hydrogens is 378 g/mol. The molecule has 3 unspecified atom stereocenters. The van der Waals surface area contributed by atoms with E-state index in [-0.39, 0.29) is 19.3 Å². The van der Waals surface area contributed by atoms with E-state index in [2.05, 4.69) is 0 Å². The topological polar surface area (TPSA) is 83.5 Å². The molecule has 0 aliphatic heterocycles. The number of carbonyl (C=O) groups is 1. The number of nitrogens with two attached hydrogens (primary N) is 1. The van der Waals surface area contributed by atoms with Crippen molar-refractivity contribution in [3.63, 3.8) is 0 Å². The van der Waals surface area contributed by atoms with Gasteiger partial charge in [0, 0.05) is 6.04 Å². The Labute approximate surface area is 159 Å². The summed E-state index contributed by atoms with van der Waals surface area (Å²) in [6, 6.07) is 8.98. The van der Waals surface area contributed by atoms with Crippen LogP contribution in [-0.4, -0.2) is 28.3 Å². The summed E-state index contributed by atoms with van der Waals surface area (Å²) in [7, 11) is 0. The minimum Gasteiger partial charge on any atom is -0.481 e. The third-order valence-electron chi connectivity index (χ3n) is 4.52. The summed E-state index contributed by atoms with van der Waals surface area (Å²) in [6.07, 6.45) is -5.53. The first-order valence-electron chi connectivity index (χ1n) is 8.63. The molecule has 8 heteroatoms. The van der Waals surface area contributed by atoms with Crippen LogP contribution in [0, 0.1) is 11.7 Å². The molecule has 28 heavy (non-hydrogen) atoms. The van der Waals surface area contributed by atoms with E-state index < -0.39 is 41.6 Å². The lowest BCUT2D eigenvalue weighted by Crippen LogP contribution is -2.39. The van der Waals surface area contributed by atoms with Crippen LogP contribution in [0.2, 0.25) is 0 Å². The Morgan fingerprint density at radius 3 is 1.96 bits per heavy atom. The summed E-state index contributed by atoms with van der Waals surface area (Å²) in [4.78, 5) is 11.5. The van der Waals surface area contributed by atoms with Crippen molar-refractivity contribution < 1.29 is 32.6 Å². The van der Waals surface area contributed by atoms with Crippen LogP contribution < -0.4 is 5.73 Å². The Kier molecular flexibility index (Phi) is 7.15. The first-order chi connectivity index (χ1) is 13.1. The number of aliphatic hydroxyl groups is 1. The van der Waals surface area contributed by atoms with Gasteiger partial charge in [-0.15, -0.1) is 0 Å². The number of aliphatic carboxylic acids is 1. The van der Waals surface area contributed by atoms with Gasteiger partial charge in [-0.05, 0) is 54.7 Å². The predicted molar refractivity (Wildman–Crippen MR) is 95.0 cm³/mol. The molecule has 2 aromatic rings. The van der Waals surface area contributed by atoms with Gasteiger partial charge in [0.2, 0.25) is 0 Å². The zero-order chi connectivity index (χ0) is 20.9. The van der Waals surface area contributed by atoms with Gasteiger partial charge >= 0.3 is 12.1 Å². The number of hydrogen-bond donors (Lipinski definition) is 3. The van der Waals surface area contributed by atoms with Crippen LogP contribution in [0.4, 0.5) is 17.6 Å². The fourth-order valence-corrected chi connectivity index (χ4v) is 2.88. The SMILES string of the molecule is NC(Cc1ccc(C(F)(F)F)cc1)C(O)CC(Cc1ccc(F)cc1)C(=O)O. The molecule has 0 amide bonds. The standard InChI is InChI=1S/C20H21F4NO3/c21-16-7-3-12(4-8-16)9-14(19(27)28)11-18(26)17(25)10-13-1-5-15(6-2-13)20(22,23)24/h1-8,14,17-18,26H,9-11,25H2,(H,27,28). The number of halogens is 4. The fraction of sp³-hybridized carbons (Fsp3) is 0.350. The highest BCUT2D eigenvalue weighted by molar-refractivity contribution is 5.70. The van der Waals surface area contributed by atoms with E-state index in [4.69, 9.17) is 5.73 Å². The quantitative estimate of drug-likeness (QED) is 0.594. The van der Waals surface area contributed by atoms with Gasteiger partial charge in [0.15, 0.2) is 0 Å². The van der Waals surface area contributed by atoms with Crippen molar-refractivity contribution in [2.45, 2.75) is 37.6 Å².